The van der Waals surface area contributed by atoms with Crippen molar-refractivity contribution in [2.24, 2.45) is 9.98 Å². The van der Waals surface area contributed by atoms with E-state index < -0.39 is 46.8 Å². The van der Waals surface area contributed by atoms with Gasteiger partial charge in [0.2, 0.25) is 11.9 Å². The maximum Gasteiger partial charge on any atom is 0.417 e. The lowest BCUT2D eigenvalue weighted by Gasteiger charge is -2.27. The average molecular weight is 723 g/mol. The summed E-state index contributed by atoms with van der Waals surface area (Å²) in [6.07, 6.45) is -3.01. The summed E-state index contributed by atoms with van der Waals surface area (Å²) < 4.78 is 21.6. The van der Waals surface area contributed by atoms with Crippen LogP contribution >= 0.6 is 0 Å². The molecule has 15 heteroatoms. The number of amides is 4. The van der Waals surface area contributed by atoms with Crippen LogP contribution in [-0.2, 0) is 18.9 Å². The van der Waals surface area contributed by atoms with Gasteiger partial charge in [0.25, 0.3) is 0 Å². The Balaban J connectivity index is 1.85. The molecule has 52 heavy (non-hydrogen) atoms. The summed E-state index contributed by atoms with van der Waals surface area (Å²) in [7, 11) is 0. The van der Waals surface area contributed by atoms with E-state index in [2.05, 4.69) is 20.6 Å². The van der Waals surface area contributed by atoms with E-state index in [0.29, 0.717) is 22.5 Å². The maximum absolute atomic E-state index is 13.4. The number of aliphatic imine (C=N–C) groups is 2. The van der Waals surface area contributed by atoms with Crippen molar-refractivity contribution in [2.75, 3.05) is 13.1 Å². The van der Waals surface area contributed by atoms with E-state index in [4.69, 9.17) is 18.9 Å². The van der Waals surface area contributed by atoms with Gasteiger partial charge in [-0.1, -0.05) is 0 Å². The van der Waals surface area contributed by atoms with E-state index in [9.17, 15) is 24.0 Å². The summed E-state index contributed by atoms with van der Waals surface area (Å²) in [6, 6.07) is 12.5. The molecule has 0 atom stereocenters. The lowest BCUT2D eigenvalue weighted by molar-refractivity contribution is 0.0371. The number of carbonyl (C=O) groups is 5. The first-order valence-corrected chi connectivity index (χ1v) is 16.7. The number of nitrogens with one attached hydrogen (secondary N) is 2. The van der Waals surface area contributed by atoms with Gasteiger partial charge < -0.3 is 18.9 Å². The molecule has 2 aromatic rings. The van der Waals surface area contributed by atoms with Gasteiger partial charge in [-0.2, -0.15) is 0 Å². The highest BCUT2D eigenvalue weighted by Crippen LogP contribution is 2.24. The van der Waals surface area contributed by atoms with Crippen molar-refractivity contribution in [3.63, 3.8) is 0 Å². The molecule has 1 fully saturated rings. The van der Waals surface area contributed by atoms with Crippen molar-refractivity contribution < 1.29 is 42.9 Å². The molecule has 4 amide bonds. The van der Waals surface area contributed by atoms with E-state index in [1.165, 1.54) is 21.9 Å². The third kappa shape index (κ3) is 13.3. The van der Waals surface area contributed by atoms with Crippen LogP contribution < -0.4 is 10.6 Å². The molecule has 0 unspecified atom stereocenters. The molecule has 1 aliphatic heterocycles. The van der Waals surface area contributed by atoms with Crippen molar-refractivity contribution in [1.29, 1.82) is 0 Å². The van der Waals surface area contributed by atoms with Crippen LogP contribution in [0.2, 0.25) is 0 Å². The summed E-state index contributed by atoms with van der Waals surface area (Å²) in [6.45, 7) is 20.9. The standard InChI is InChI=1S/C37H50N6O9/c1-34(2,3)49-30(45)40-28(41-31(46)50-35(4,5)6)38-25-17-13-23(14-18-25)27(44)24-15-19-26(20-16-24)39-29-42(32(47)51-36(7,8)9)21-22-43(29)33(48)52-37(10,11)12/h13-20H,21-22H2,1-12H3,(H2,38,40,41,45,46). The fourth-order valence-corrected chi connectivity index (χ4v) is 4.32. The number of hydrogen-bond donors (Lipinski definition) is 2. The van der Waals surface area contributed by atoms with Crippen molar-refractivity contribution >= 4 is 53.5 Å². The first kappa shape index (κ1) is 41.0. The van der Waals surface area contributed by atoms with Crippen molar-refractivity contribution in [1.82, 2.24) is 20.4 Å². The molecular weight excluding hydrogens is 672 g/mol. The van der Waals surface area contributed by atoms with Crippen LogP contribution in [0.5, 0.6) is 0 Å². The van der Waals surface area contributed by atoms with E-state index in [-0.39, 0.29) is 30.8 Å². The molecule has 1 aliphatic rings. The predicted molar refractivity (Wildman–Crippen MR) is 195 cm³/mol. The third-order valence-electron chi connectivity index (χ3n) is 6.23. The molecule has 3 rings (SSSR count). The predicted octanol–water partition coefficient (Wildman–Crippen LogP) is 7.43. The Morgan fingerprint density at radius 3 is 1.23 bits per heavy atom. The monoisotopic (exact) mass is 722 g/mol. The zero-order chi connectivity index (χ0) is 39.2. The van der Waals surface area contributed by atoms with E-state index >= 15 is 0 Å². The summed E-state index contributed by atoms with van der Waals surface area (Å²) in [4.78, 5) is 75.7. The van der Waals surface area contributed by atoms with Gasteiger partial charge in [0.05, 0.1) is 24.5 Å². The molecule has 0 spiro atoms. The highest BCUT2D eigenvalue weighted by atomic mass is 16.6. The number of nitrogens with zero attached hydrogens (tertiary/aromatic N) is 4. The minimum absolute atomic E-state index is 0.0420. The number of benzene rings is 2. The smallest absolute Gasteiger partial charge is 0.417 e. The minimum atomic E-state index is -0.842. The number of ether oxygens (including phenoxy) is 4. The maximum atomic E-state index is 13.4. The SMILES string of the molecule is CC(C)(C)OC(=O)NC(=Nc1ccc(C(=O)c2ccc(N=C3N(C(=O)OC(C)(C)C)CCN3C(=O)OC(C)(C)C)cc2)cc1)NC(=O)OC(C)(C)C. The number of alkyl carbamates (subject to hydrolysis) is 2. The van der Waals surface area contributed by atoms with Crippen LogP contribution in [-0.4, -0.2) is 87.4 Å². The average Bonchev–Trinajstić information content (AvgIpc) is 3.37. The zero-order valence-electron chi connectivity index (χ0n) is 32.0. The Kier molecular flexibility index (Phi) is 12.5. The Morgan fingerprint density at radius 1 is 0.538 bits per heavy atom. The second kappa shape index (κ2) is 15.8. The van der Waals surface area contributed by atoms with Crippen LogP contribution in [0, 0.1) is 0 Å². The molecule has 2 aromatic carbocycles. The van der Waals surface area contributed by atoms with Crippen molar-refractivity contribution in [3.8, 4) is 0 Å². The largest absolute Gasteiger partial charge is 0.444 e. The first-order valence-electron chi connectivity index (χ1n) is 16.7. The van der Waals surface area contributed by atoms with Crippen molar-refractivity contribution in [3.05, 3.63) is 59.7 Å². The number of rotatable bonds is 4. The quantitative estimate of drug-likeness (QED) is 0.141. The summed E-state index contributed by atoms with van der Waals surface area (Å²) in [5, 5.41) is 4.82. The lowest BCUT2D eigenvalue weighted by atomic mass is 10.0. The summed E-state index contributed by atoms with van der Waals surface area (Å²) >= 11 is 0. The molecule has 0 aromatic heterocycles. The summed E-state index contributed by atoms with van der Waals surface area (Å²) in [5.41, 5.74) is -1.78. The van der Waals surface area contributed by atoms with Crippen LogP contribution in [0.15, 0.2) is 58.5 Å². The van der Waals surface area contributed by atoms with Gasteiger partial charge in [0, 0.05) is 11.1 Å². The fourth-order valence-electron chi connectivity index (χ4n) is 4.32. The van der Waals surface area contributed by atoms with Gasteiger partial charge >= 0.3 is 24.4 Å². The van der Waals surface area contributed by atoms with Gasteiger partial charge in [0.1, 0.15) is 22.4 Å². The molecule has 1 saturated heterocycles. The molecule has 15 nitrogen and oxygen atoms in total. The second-order valence-electron chi connectivity index (χ2n) is 15.8. The number of hydrogen-bond acceptors (Lipinski definition) is 11. The van der Waals surface area contributed by atoms with E-state index in [1.807, 2.05) is 0 Å². The normalized spacial score (nSPS) is 13.5. The number of carbonyl (C=O) groups excluding carboxylic acids is 5. The minimum Gasteiger partial charge on any atom is -0.444 e. The van der Waals surface area contributed by atoms with Gasteiger partial charge in [-0.25, -0.2) is 39.0 Å². The molecule has 1 heterocycles. The molecule has 0 radical (unpaired) electrons. The van der Waals surface area contributed by atoms with Crippen molar-refractivity contribution in [2.45, 2.75) is 105 Å². The number of ketones is 1. The van der Waals surface area contributed by atoms with Gasteiger partial charge in [-0.3, -0.25) is 15.4 Å². The highest BCUT2D eigenvalue weighted by molar-refractivity contribution is 6.09. The molecule has 0 saturated carbocycles. The first-order chi connectivity index (χ1) is 23.8. The molecule has 0 aliphatic carbocycles. The summed E-state index contributed by atoms with van der Waals surface area (Å²) in [5.74, 6) is -0.502. The van der Waals surface area contributed by atoms with Gasteiger partial charge in [-0.15, -0.1) is 0 Å². The molecule has 282 valence electrons. The van der Waals surface area contributed by atoms with Crippen LogP contribution in [0.4, 0.5) is 30.6 Å². The molecular formula is C37H50N6O9. The van der Waals surface area contributed by atoms with Crippen LogP contribution in [0.25, 0.3) is 0 Å². The van der Waals surface area contributed by atoms with Gasteiger partial charge in [0.15, 0.2) is 5.78 Å². The molecule has 2 N–H and O–H groups in total. The van der Waals surface area contributed by atoms with E-state index in [1.54, 1.807) is 119 Å². The van der Waals surface area contributed by atoms with Gasteiger partial charge in [-0.05, 0) is 132 Å². The Morgan fingerprint density at radius 2 is 0.885 bits per heavy atom. The lowest BCUT2D eigenvalue weighted by Crippen LogP contribution is -2.47. The highest BCUT2D eigenvalue weighted by Gasteiger charge is 2.39. The van der Waals surface area contributed by atoms with E-state index in [0.717, 1.165) is 0 Å². The Hall–Kier alpha value is -5.47. The Bertz CT molecular complexity index is 1640. The second-order valence-corrected chi connectivity index (χ2v) is 15.8. The number of guanidine groups is 2. The zero-order valence-corrected chi connectivity index (χ0v) is 32.0. The third-order valence-corrected chi connectivity index (χ3v) is 6.23. The van der Waals surface area contributed by atoms with Crippen LogP contribution in [0.1, 0.15) is 99.0 Å². The topological polar surface area (TPSA) is 178 Å². The molecule has 0 bridgehead atoms. The Labute approximate surface area is 304 Å². The van der Waals surface area contributed by atoms with Crippen LogP contribution in [0.3, 0.4) is 0 Å². The fraction of sp³-hybridized carbons (Fsp3) is 0.486.